The first-order valence-corrected chi connectivity index (χ1v) is 11.1. The number of thiophene rings is 1. The Balaban J connectivity index is 1.70. The number of benzene rings is 2. The lowest BCUT2D eigenvalue weighted by Crippen LogP contribution is -2.27. The van der Waals surface area contributed by atoms with Gasteiger partial charge in [0.05, 0.1) is 11.7 Å². The van der Waals surface area contributed by atoms with Crippen LogP contribution in [0.1, 0.15) is 28.5 Å². The second-order valence-corrected chi connectivity index (χ2v) is 9.01. The molecule has 0 atom stereocenters. The van der Waals surface area contributed by atoms with E-state index in [0.29, 0.717) is 15.9 Å². The number of aryl methyl sites for hydroxylation is 4. The van der Waals surface area contributed by atoms with Crippen molar-refractivity contribution in [1.29, 1.82) is 0 Å². The Labute approximate surface area is 185 Å². The van der Waals surface area contributed by atoms with Crippen molar-refractivity contribution in [2.24, 2.45) is 0 Å². The Bertz CT molecular complexity index is 1330. The van der Waals surface area contributed by atoms with Gasteiger partial charge in [0.2, 0.25) is 5.91 Å². The zero-order valence-electron chi connectivity index (χ0n) is 18.2. The van der Waals surface area contributed by atoms with Gasteiger partial charge in [-0.25, -0.2) is 4.98 Å². The first kappa shape index (κ1) is 21.0. The minimum absolute atomic E-state index is 0.0849. The molecule has 0 fully saturated rings. The molecule has 0 saturated heterocycles. The number of hydrogen-bond acceptors (Lipinski definition) is 4. The number of amides is 1. The second-order valence-electron chi connectivity index (χ2n) is 7.81. The molecule has 5 nitrogen and oxygen atoms in total. The third kappa shape index (κ3) is 4.16. The van der Waals surface area contributed by atoms with Crippen LogP contribution in [0.15, 0.2) is 53.6 Å². The van der Waals surface area contributed by atoms with Crippen molar-refractivity contribution in [2.45, 2.75) is 40.7 Å². The highest BCUT2D eigenvalue weighted by Gasteiger charge is 2.19. The molecule has 0 aliphatic rings. The maximum atomic E-state index is 13.4. The molecule has 4 rings (SSSR count). The van der Waals surface area contributed by atoms with Crippen LogP contribution in [0.4, 0.5) is 5.69 Å². The number of rotatable bonds is 5. The summed E-state index contributed by atoms with van der Waals surface area (Å²) >= 11 is 1.51. The predicted molar refractivity (Wildman–Crippen MR) is 128 cm³/mol. The van der Waals surface area contributed by atoms with E-state index in [1.165, 1.54) is 27.8 Å². The van der Waals surface area contributed by atoms with Crippen LogP contribution in [-0.4, -0.2) is 15.5 Å². The Morgan fingerprint density at radius 2 is 1.84 bits per heavy atom. The van der Waals surface area contributed by atoms with E-state index in [1.54, 1.807) is 0 Å². The Morgan fingerprint density at radius 1 is 1.10 bits per heavy atom. The number of carbonyl (C=O) groups excluding carboxylic acids is 1. The molecule has 1 N–H and O–H groups in total. The van der Waals surface area contributed by atoms with E-state index in [1.807, 2.05) is 45.0 Å². The highest BCUT2D eigenvalue weighted by Crippen LogP contribution is 2.37. The van der Waals surface area contributed by atoms with Crippen molar-refractivity contribution >= 4 is 33.1 Å². The largest absolute Gasteiger partial charge is 0.325 e. The standard InChI is InChI=1S/C25H25N3O2S/c1-5-18-8-10-19(11-9-18)27-21(29)13-28-14-26-24-23(25(28)30)22(17(4)31-24)20-12-15(2)6-7-16(20)3/h6-12,14H,5,13H2,1-4H3,(H,27,29). The van der Waals surface area contributed by atoms with Gasteiger partial charge in [-0.15, -0.1) is 11.3 Å². The minimum Gasteiger partial charge on any atom is -0.325 e. The van der Waals surface area contributed by atoms with Gasteiger partial charge in [-0.3, -0.25) is 14.2 Å². The summed E-state index contributed by atoms with van der Waals surface area (Å²) in [6.45, 7) is 8.10. The van der Waals surface area contributed by atoms with Gasteiger partial charge in [-0.2, -0.15) is 0 Å². The van der Waals surface area contributed by atoms with Crippen molar-refractivity contribution < 1.29 is 4.79 Å². The number of hydrogen-bond donors (Lipinski definition) is 1. The summed E-state index contributed by atoms with van der Waals surface area (Å²) in [6.07, 6.45) is 2.41. The van der Waals surface area contributed by atoms with Gasteiger partial charge >= 0.3 is 0 Å². The fourth-order valence-corrected chi connectivity index (χ4v) is 4.75. The van der Waals surface area contributed by atoms with Crippen LogP contribution in [-0.2, 0) is 17.8 Å². The molecule has 4 aromatic rings. The number of anilines is 1. The molecule has 0 spiro atoms. The van der Waals surface area contributed by atoms with Crippen LogP contribution in [0.2, 0.25) is 0 Å². The molecular weight excluding hydrogens is 406 g/mol. The molecule has 1 amide bonds. The molecule has 0 radical (unpaired) electrons. The van der Waals surface area contributed by atoms with Crippen molar-refractivity contribution in [3.05, 3.63) is 80.7 Å². The summed E-state index contributed by atoms with van der Waals surface area (Å²) in [5, 5.41) is 3.44. The summed E-state index contributed by atoms with van der Waals surface area (Å²) in [5.41, 5.74) is 5.93. The van der Waals surface area contributed by atoms with E-state index in [4.69, 9.17) is 0 Å². The van der Waals surface area contributed by atoms with Crippen LogP contribution in [0.5, 0.6) is 0 Å². The molecule has 0 saturated carbocycles. The molecule has 6 heteroatoms. The van der Waals surface area contributed by atoms with E-state index >= 15 is 0 Å². The highest BCUT2D eigenvalue weighted by molar-refractivity contribution is 7.19. The van der Waals surface area contributed by atoms with E-state index in [2.05, 4.69) is 35.4 Å². The first-order chi connectivity index (χ1) is 14.9. The van der Waals surface area contributed by atoms with Gasteiger partial charge in [-0.1, -0.05) is 42.8 Å². The van der Waals surface area contributed by atoms with Gasteiger partial charge in [0.25, 0.3) is 5.56 Å². The van der Waals surface area contributed by atoms with Gasteiger partial charge in [-0.05, 0) is 56.0 Å². The average Bonchev–Trinajstić information content (AvgIpc) is 3.09. The second kappa shape index (κ2) is 8.47. The zero-order valence-corrected chi connectivity index (χ0v) is 19.0. The average molecular weight is 432 g/mol. The lowest BCUT2D eigenvalue weighted by Gasteiger charge is -2.10. The third-order valence-electron chi connectivity index (χ3n) is 5.48. The number of carbonyl (C=O) groups is 1. The van der Waals surface area contributed by atoms with E-state index in [9.17, 15) is 9.59 Å². The van der Waals surface area contributed by atoms with Crippen LogP contribution >= 0.6 is 11.3 Å². The number of aromatic nitrogens is 2. The van der Waals surface area contributed by atoms with Crippen molar-refractivity contribution in [3.63, 3.8) is 0 Å². The van der Waals surface area contributed by atoms with Crippen molar-refractivity contribution in [3.8, 4) is 11.1 Å². The highest BCUT2D eigenvalue weighted by atomic mass is 32.1. The monoisotopic (exact) mass is 431 g/mol. The Kier molecular flexibility index (Phi) is 5.74. The molecule has 0 unspecified atom stereocenters. The predicted octanol–water partition coefficient (Wildman–Crippen LogP) is 5.25. The van der Waals surface area contributed by atoms with Gasteiger partial charge in [0, 0.05) is 16.1 Å². The summed E-state index contributed by atoms with van der Waals surface area (Å²) < 4.78 is 1.39. The summed E-state index contributed by atoms with van der Waals surface area (Å²) in [7, 11) is 0. The molecule has 158 valence electrons. The topological polar surface area (TPSA) is 64.0 Å². The summed E-state index contributed by atoms with van der Waals surface area (Å²) in [5.74, 6) is -0.257. The molecule has 2 aromatic heterocycles. The van der Waals surface area contributed by atoms with Crippen LogP contribution in [0, 0.1) is 20.8 Å². The fraction of sp³-hybridized carbons (Fsp3) is 0.240. The Hall–Kier alpha value is -3.25. The quantitative estimate of drug-likeness (QED) is 0.469. The molecule has 0 bridgehead atoms. The minimum atomic E-state index is -0.257. The summed E-state index contributed by atoms with van der Waals surface area (Å²) in [6, 6.07) is 14.0. The van der Waals surface area contributed by atoms with Gasteiger partial charge in [0.15, 0.2) is 0 Å². The molecule has 2 heterocycles. The third-order valence-corrected chi connectivity index (χ3v) is 6.49. The van der Waals surface area contributed by atoms with Gasteiger partial charge in [0.1, 0.15) is 11.4 Å². The van der Waals surface area contributed by atoms with Gasteiger partial charge < -0.3 is 5.32 Å². The molecule has 0 aliphatic heterocycles. The lowest BCUT2D eigenvalue weighted by atomic mass is 9.97. The summed E-state index contributed by atoms with van der Waals surface area (Å²) in [4.78, 5) is 32.2. The molecule has 0 aliphatic carbocycles. The van der Waals surface area contributed by atoms with Crippen LogP contribution in [0.3, 0.4) is 0 Å². The van der Waals surface area contributed by atoms with Crippen molar-refractivity contribution in [1.82, 2.24) is 9.55 Å². The molecular formula is C25H25N3O2S. The fourth-order valence-electron chi connectivity index (χ4n) is 3.76. The number of nitrogens with zero attached hydrogens (tertiary/aromatic N) is 2. The molecule has 31 heavy (non-hydrogen) atoms. The Morgan fingerprint density at radius 3 is 2.55 bits per heavy atom. The smallest absolute Gasteiger partial charge is 0.263 e. The van der Waals surface area contributed by atoms with E-state index in [-0.39, 0.29) is 18.0 Å². The normalized spacial score (nSPS) is 11.1. The van der Waals surface area contributed by atoms with E-state index in [0.717, 1.165) is 33.6 Å². The molecule has 2 aromatic carbocycles. The number of fused-ring (bicyclic) bond motifs is 1. The van der Waals surface area contributed by atoms with E-state index < -0.39 is 0 Å². The maximum absolute atomic E-state index is 13.4. The number of nitrogens with one attached hydrogen (secondary N) is 1. The maximum Gasteiger partial charge on any atom is 0.263 e. The SMILES string of the molecule is CCc1ccc(NC(=O)Cn2cnc3sc(C)c(-c4cc(C)ccc4C)c3c2=O)cc1. The lowest BCUT2D eigenvalue weighted by molar-refractivity contribution is -0.116. The first-order valence-electron chi connectivity index (χ1n) is 10.3. The van der Waals surface area contributed by atoms with Crippen LogP contribution < -0.4 is 10.9 Å². The van der Waals surface area contributed by atoms with Crippen molar-refractivity contribution in [2.75, 3.05) is 5.32 Å². The van der Waals surface area contributed by atoms with Crippen LogP contribution in [0.25, 0.3) is 21.3 Å². The zero-order chi connectivity index (χ0) is 22.1.